The van der Waals surface area contributed by atoms with E-state index >= 15 is 0 Å². The molecule has 0 aromatic carbocycles. The maximum Gasteiger partial charge on any atom is 0.207 e. The van der Waals surface area contributed by atoms with Crippen molar-refractivity contribution in [2.45, 2.75) is 32.8 Å². The fraction of sp³-hybridized carbons (Fsp3) is 0.625. The van der Waals surface area contributed by atoms with E-state index in [1.807, 2.05) is 13.8 Å². The minimum absolute atomic E-state index is 0.000602. The molecule has 0 amide bonds. The molecule has 1 heterocycles. The molecule has 0 saturated carbocycles. The van der Waals surface area contributed by atoms with E-state index in [9.17, 15) is 4.79 Å². The fourth-order valence-electron chi connectivity index (χ4n) is 0.913. The van der Waals surface area contributed by atoms with Crippen LogP contribution < -0.4 is 0 Å². The number of ketones is 1. The number of Topliss-reactive ketones (excluding diaryl/α,β-unsaturated/α-hetero) is 1. The molecule has 2 nitrogen and oxygen atoms in total. The van der Waals surface area contributed by atoms with Crippen LogP contribution in [-0.2, 0) is 9.53 Å². The minimum atomic E-state index is -0.241. The van der Waals surface area contributed by atoms with Gasteiger partial charge in [-0.25, -0.2) is 0 Å². The predicted molar refractivity (Wildman–Crippen MR) is 37.2 cm³/mol. The smallest absolute Gasteiger partial charge is 0.207 e. The largest absolute Gasteiger partial charge is 0.486 e. The number of carbonyl (C=O) groups excluding carboxylic acids is 1. The van der Waals surface area contributed by atoms with Gasteiger partial charge in [-0.3, -0.25) is 4.79 Å². The first-order chi connectivity index (χ1) is 4.77. The predicted octanol–water partition coefficient (Wildman–Crippen LogP) is 1.46. The number of ether oxygens (including phenoxy) is 1. The van der Waals surface area contributed by atoms with Crippen LogP contribution in [0.4, 0.5) is 0 Å². The second kappa shape index (κ2) is 2.86. The molecule has 0 aliphatic carbocycles. The molecule has 0 aromatic heterocycles. The van der Waals surface area contributed by atoms with Crippen LogP contribution in [0, 0.1) is 6.08 Å². The summed E-state index contributed by atoms with van der Waals surface area (Å²) >= 11 is 0. The zero-order chi connectivity index (χ0) is 7.56. The van der Waals surface area contributed by atoms with Gasteiger partial charge < -0.3 is 4.74 Å². The summed E-state index contributed by atoms with van der Waals surface area (Å²) < 4.78 is 5.23. The second-order valence-electron chi connectivity index (χ2n) is 2.28. The Bertz CT molecular complexity index is 170. The van der Waals surface area contributed by atoms with Crippen LogP contribution in [0.15, 0.2) is 5.76 Å². The lowest BCUT2D eigenvalue weighted by atomic mass is 10.2. The molecule has 2 heteroatoms. The second-order valence-corrected chi connectivity index (χ2v) is 2.28. The lowest BCUT2D eigenvalue weighted by Gasteiger charge is -2.06. The van der Waals surface area contributed by atoms with Crippen molar-refractivity contribution in [3.8, 4) is 0 Å². The number of rotatable bonds is 2. The van der Waals surface area contributed by atoms with E-state index in [1.54, 1.807) is 0 Å². The number of carbonyl (C=O) groups is 1. The first-order valence-corrected chi connectivity index (χ1v) is 3.61. The Morgan fingerprint density at radius 2 is 2.30 bits per heavy atom. The molecule has 1 aliphatic heterocycles. The van der Waals surface area contributed by atoms with Gasteiger partial charge in [-0.15, -0.1) is 0 Å². The number of allylic oxidation sites excluding steroid dienone is 1. The molecule has 0 saturated heterocycles. The van der Waals surface area contributed by atoms with E-state index in [0.29, 0.717) is 5.76 Å². The van der Waals surface area contributed by atoms with Crippen molar-refractivity contribution < 1.29 is 9.53 Å². The van der Waals surface area contributed by atoms with Gasteiger partial charge in [0, 0.05) is 6.42 Å². The van der Waals surface area contributed by atoms with Crippen molar-refractivity contribution >= 4 is 5.78 Å². The Balaban J connectivity index is 2.57. The van der Waals surface area contributed by atoms with Gasteiger partial charge >= 0.3 is 0 Å². The van der Waals surface area contributed by atoms with Crippen molar-refractivity contribution in [2.24, 2.45) is 0 Å². The quantitative estimate of drug-likeness (QED) is 0.579. The molecule has 0 bridgehead atoms. The zero-order valence-corrected chi connectivity index (χ0v) is 6.31. The fourth-order valence-corrected chi connectivity index (χ4v) is 0.913. The van der Waals surface area contributed by atoms with Gasteiger partial charge in [0.2, 0.25) is 5.78 Å². The summed E-state index contributed by atoms with van der Waals surface area (Å²) in [6.45, 7) is 3.89. The molecule has 1 atom stereocenters. The van der Waals surface area contributed by atoms with Gasteiger partial charge in [0.25, 0.3) is 0 Å². The molecular formula is C8H11O2. The van der Waals surface area contributed by atoms with Gasteiger partial charge in [0.15, 0.2) is 6.10 Å². The molecule has 1 radical (unpaired) electrons. The van der Waals surface area contributed by atoms with Crippen LogP contribution in [0.25, 0.3) is 0 Å². The first kappa shape index (κ1) is 7.32. The minimum Gasteiger partial charge on any atom is -0.486 e. The first-order valence-electron chi connectivity index (χ1n) is 3.61. The average molecular weight is 139 g/mol. The lowest BCUT2D eigenvalue weighted by Crippen LogP contribution is -2.14. The molecule has 1 unspecified atom stereocenters. The van der Waals surface area contributed by atoms with E-state index in [4.69, 9.17) is 4.74 Å². The number of hydrogen-bond acceptors (Lipinski definition) is 2. The van der Waals surface area contributed by atoms with Crippen LogP contribution in [0.1, 0.15) is 26.7 Å². The standard InChI is InChI=1S/C8H11O2/c1-3-6-5-7(9)8(4-2)10-6/h8H,3-4H2,1-2H3. The van der Waals surface area contributed by atoms with Crippen LogP contribution in [-0.4, -0.2) is 11.9 Å². The van der Waals surface area contributed by atoms with Crippen LogP contribution >= 0.6 is 0 Å². The van der Waals surface area contributed by atoms with Crippen molar-refractivity contribution in [2.75, 3.05) is 0 Å². The number of hydrogen-bond donors (Lipinski definition) is 0. The van der Waals surface area contributed by atoms with E-state index in [-0.39, 0.29) is 11.9 Å². The highest BCUT2D eigenvalue weighted by atomic mass is 16.5. The molecule has 0 aromatic rings. The summed E-state index contributed by atoms with van der Waals surface area (Å²) in [6.07, 6.45) is 3.93. The molecule has 0 fully saturated rings. The summed E-state index contributed by atoms with van der Waals surface area (Å²) in [5.74, 6) is 0.705. The highest BCUT2D eigenvalue weighted by molar-refractivity contribution is 5.92. The van der Waals surface area contributed by atoms with Crippen molar-refractivity contribution in [3.05, 3.63) is 11.8 Å². The molecule has 1 rings (SSSR count). The highest BCUT2D eigenvalue weighted by Crippen LogP contribution is 2.17. The Morgan fingerprint density at radius 3 is 2.60 bits per heavy atom. The van der Waals surface area contributed by atoms with Gasteiger partial charge in [0.05, 0.1) is 6.08 Å². The lowest BCUT2D eigenvalue weighted by molar-refractivity contribution is -0.121. The van der Waals surface area contributed by atoms with Crippen LogP contribution in [0.5, 0.6) is 0 Å². The molecule has 0 spiro atoms. The summed E-state index contributed by atoms with van der Waals surface area (Å²) in [7, 11) is 0. The van der Waals surface area contributed by atoms with Crippen LogP contribution in [0.2, 0.25) is 0 Å². The highest BCUT2D eigenvalue weighted by Gasteiger charge is 2.24. The maximum atomic E-state index is 10.9. The molecule has 1 aliphatic rings. The SMILES string of the molecule is CCC1=[C]C(=O)C(CC)O1. The third kappa shape index (κ3) is 1.20. The topological polar surface area (TPSA) is 26.3 Å². The van der Waals surface area contributed by atoms with Crippen molar-refractivity contribution in [1.29, 1.82) is 0 Å². The van der Waals surface area contributed by atoms with Gasteiger partial charge in [-0.1, -0.05) is 13.8 Å². The van der Waals surface area contributed by atoms with Gasteiger partial charge in [-0.05, 0) is 6.42 Å². The Labute approximate surface area is 60.9 Å². The third-order valence-electron chi connectivity index (χ3n) is 1.53. The Morgan fingerprint density at radius 1 is 1.60 bits per heavy atom. The Hall–Kier alpha value is -0.790. The Kier molecular flexibility index (Phi) is 2.10. The van der Waals surface area contributed by atoms with E-state index < -0.39 is 0 Å². The van der Waals surface area contributed by atoms with Crippen molar-refractivity contribution in [3.63, 3.8) is 0 Å². The third-order valence-corrected chi connectivity index (χ3v) is 1.53. The summed E-state index contributed by atoms with van der Waals surface area (Å²) in [5.41, 5.74) is 0. The summed E-state index contributed by atoms with van der Waals surface area (Å²) in [6, 6.07) is 0. The van der Waals surface area contributed by atoms with E-state index in [1.165, 1.54) is 0 Å². The van der Waals surface area contributed by atoms with E-state index in [2.05, 4.69) is 6.08 Å². The maximum absolute atomic E-state index is 10.9. The van der Waals surface area contributed by atoms with E-state index in [0.717, 1.165) is 12.8 Å². The molecule has 55 valence electrons. The summed E-state index contributed by atoms with van der Waals surface area (Å²) in [5, 5.41) is 0. The molecule has 10 heavy (non-hydrogen) atoms. The molecule has 0 N–H and O–H groups in total. The summed E-state index contributed by atoms with van der Waals surface area (Å²) in [4.78, 5) is 10.9. The average Bonchev–Trinajstić information content (AvgIpc) is 2.30. The van der Waals surface area contributed by atoms with Crippen molar-refractivity contribution in [1.82, 2.24) is 0 Å². The van der Waals surface area contributed by atoms with Gasteiger partial charge in [0.1, 0.15) is 5.76 Å². The normalized spacial score (nSPS) is 24.4. The monoisotopic (exact) mass is 139 g/mol. The zero-order valence-electron chi connectivity index (χ0n) is 6.31. The van der Waals surface area contributed by atoms with Gasteiger partial charge in [-0.2, -0.15) is 0 Å². The van der Waals surface area contributed by atoms with Crippen LogP contribution in [0.3, 0.4) is 0 Å². The molecular weight excluding hydrogens is 128 g/mol.